The molecule has 3 aromatic rings. The minimum Gasteiger partial charge on any atom is -0.350 e. The van der Waals surface area contributed by atoms with E-state index in [0.29, 0.717) is 23.7 Å². The molecule has 1 aliphatic carbocycles. The van der Waals surface area contributed by atoms with Gasteiger partial charge < -0.3 is 9.88 Å². The van der Waals surface area contributed by atoms with Crippen molar-refractivity contribution in [2.45, 2.75) is 25.8 Å². The molecule has 0 bridgehead atoms. The topological polar surface area (TPSA) is 53.2 Å². The van der Waals surface area contributed by atoms with Gasteiger partial charge in [0.05, 0.1) is 5.41 Å². The van der Waals surface area contributed by atoms with E-state index in [1.807, 2.05) is 60.4 Å². The zero-order valence-corrected chi connectivity index (χ0v) is 15.7. The number of fused-ring (bicyclic) bond motifs is 3. The summed E-state index contributed by atoms with van der Waals surface area (Å²) in [6, 6.07) is 15.1. The average Bonchev–Trinajstić information content (AvgIpc) is 3.23. The van der Waals surface area contributed by atoms with Gasteiger partial charge in [0.1, 0.15) is 5.69 Å². The minimum atomic E-state index is -0.515. The number of aromatic nitrogens is 1. The van der Waals surface area contributed by atoms with Crippen molar-refractivity contribution >= 4 is 34.2 Å². The molecular formula is C22H19ClN2O2. The highest BCUT2D eigenvalue weighted by Crippen LogP contribution is 2.45. The van der Waals surface area contributed by atoms with E-state index >= 15 is 0 Å². The molecule has 2 unspecified atom stereocenters. The number of hydrogen-bond donors (Lipinski definition) is 1. The number of ketones is 1. The van der Waals surface area contributed by atoms with Crippen LogP contribution in [0.2, 0.25) is 5.02 Å². The van der Waals surface area contributed by atoms with Gasteiger partial charge in [0.25, 0.3) is 5.91 Å². The average molecular weight is 379 g/mol. The first-order valence-electron chi connectivity index (χ1n) is 9.19. The van der Waals surface area contributed by atoms with Crippen LogP contribution in [0, 0.1) is 5.41 Å². The first-order chi connectivity index (χ1) is 13.0. The Hall–Kier alpha value is -2.59. The van der Waals surface area contributed by atoms with Crippen LogP contribution in [-0.4, -0.2) is 34.2 Å². The molecule has 136 valence electrons. The van der Waals surface area contributed by atoms with Crippen molar-refractivity contribution in [1.82, 2.24) is 9.88 Å². The molecule has 0 spiro atoms. The molecular weight excluding hydrogens is 360 g/mol. The molecule has 1 amide bonds. The monoisotopic (exact) mass is 378 g/mol. The zero-order chi connectivity index (χ0) is 18.8. The van der Waals surface area contributed by atoms with E-state index in [4.69, 9.17) is 11.6 Å². The lowest BCUT2D eigenvalue weighted by molar-refractivity contribution is 0.0598. The molecule has 2 aliphatic rings. The van der Waals surface area contributed by atoms with Crippen LogP contribution in [0.1, 0.15) is 39.8 Å². The summed E-state index contributed by atoms with van der Waals surface area (Å²) in [7, 11) is 0. The second kappa shape index (κ2) is 5.70. The smallest absolute Gasteiger partial charge is 0.270 e. The van der Waals surface area contributed by atoms with E-state index in [1.165, 1.54) is 0 Å². The van der Waals surface area contributed by atoms with E-state index in [0.717, 1.165) is 28.5 Å². The van der Waals surface area contributed by atoms with Crippen molar-refractivity contribution < 1.29 is 9.59 Å². The Morgan fingerprint density at radius 2 is 2.04 bits per heavy atom. The maximum Gasteiger partial charge on any atom is 0.270 e. The van der Waals surface area contributed by atoms with Crippen molar-refractivity contribution in [2.75, 3.05) is 6.54 Å². The summed E-state index contributed by atoms with van der Waals surface area (Å²) in [5.41, 5.74) is 2.72. The molecule has 0 saturated carbocycles. The van der Waals surface area contributed by atoms with E-state index in [1.54, 1.807) is 0 Å². The highest BCUT2D eigenvalue weighted by atomic mass is 35.5. The van der Waals surface area contributed by atoms with Crippen LogP contribution in [0.3, 0.4) is 0 Å². The molecule has 5 rings (SSSR count). The molecule has 2 heterocycles. The predicted molar refractivity (Wildman–Crippen MR) is 105 cm³/mol. The van der Waals surface area contributed by atoms with Crippen LogP contribution in [0.25, 0.3) is 10.9 Å². The number of likely N-dealkylation sites (tertiary alicyclic amines) is 1. The standard InChI is InChI=1S/C22H19ClN2O2/c1-22-8-9-25(19(22)11-13-4-2-3-5-16(13)20(22)26)21(27)18-10-14-6-7-15(23)12-17(14)24-18/h2-7,10,12,19,24H,8-9,11H2,1H3. The Morgan fingerprint density at radius 3 is 2.89 bits per heavy atom. The Balaban J connectivity index is 1.52. The summed E-state index contributed by atoms with van der Waals surface area (Å²) in [5.74, 6) is 0.108. The van der Waals surface area contributed by atoms with Gasteiger partial charge in [0.15, 0.2) is 5.78 Å². The summed E-state index contributed by atoms with van der Waals surface area (Å²) in [6.07, 6.45) is 1.42. The van der Waals surface area contributed by atoms with E-state index in [2.05, 4.69) is 4.98 Å². The van der Waals surface area contributed by atoms with Gasteiger partial charge in [-0.25, -0.2) is 0 Å². The number of benzene rings is 2. The highest BCUT2D eigenvalue weighted by molar-refractivity contribution is 6.31. The number of aromatic amines is 1. The van der Waals surface area contributed by atoms with Gasteiger partial charge in [0.2, 0.25) is 0 Å². The van der Waals surface area contributed by atoms with Crippen molar-refractivity contribution in [1.29, 1.82) is 0 Å². The fourth-order valence-electron chi connectivity index (χ4n) is 4.67. The molecule has 1 saturated heterocycles. The van der Waals surface area contributed by atoms with Gasteiger partial charge >= 0.3 is 0 Å². The fraction of sp³-hybridized carbons (Fsp3) is 0.273. The number of H-pyrrole nitrogens is 1. The number of Topliss-reactive ketones (excluding diaryl/α,β-unsaturated/α-hetero) is 1. The third-order valence-corrected chi connectivity index (χ3v) is 6.49. The van der Waals surface area contributed by atoms with Gasteiger partial charge in [-0.15, -0.1) is 0 Å². The normalized spacial score (nSPS) is 24.1. The molecule has 1 aliphatic heterocycles. The SMILES string of the molecule is CC12CCN(C(=O)c3cc4ccc(Cl)cc4[nH]3)C1Cc1ccccc1C2=O. The third-order valence-electron chi connectivity index (χ3n) is 6.25. The molecule has 0 radical (unpaired) electrons. The van der Waals surface area contributed by atoms with E-state index in [-0.39, 0.29) is 17.7 Å². The summed E-state index contributed by atoms with van der Waals surface area (Å²) < 4.78 is 0. The number of carbonyl (C=O) groups is 2. The van der Waals surface area contributed by atoms with Crippen molar-refractivity contribution in [2.24, 2.45) is 5.41 Å². The van der Waals surface area contributed by atoms with Gasteiger partial charge in [-0.1, -0.05) is 48.9 Å². The number of hydrogen-bond acceptors (Lipinski definition) is 2. The number of carbonyl (C=O) groups excluding carboxylic acids is 2. The van der Waals surface area contributed by atoms with Gasteiger partial charge in [0, 0.05) is 34.1 Å². The predicted octanol–water partition coefficient (Wildman–Crippen LogP) is 4.48. The maximum absolute atomic E-state index is 13.3. The second-order valence-electron chi connectivity index (χ2n) is 7.79. The number of halogens is 1. The Bertz CT molecular complexity index is 1100. The minimum absolute atomic E-state index is 0.0526. The third kappa shape index (κ3) is 2.36. The zero-order valence-electron chi connectivity index (χ0n) is 15.0. The molecule has 2 aromatic carbocycles. The van der Waals surface area contributed by atoms with Crippen LogP contribution in [-0.2, 0) is 6.42 Å². The van der Waals surface area contributed by atoms with E-state index in [9.17, 15) is 9.59 Å². The Kier molecular flexibility index (Phi) is 3.50. The number of nitrogens with zero attached hydrogens (tertiary/aromatic N) is 1. The molecule has 2 atom stereocenters. The van der Waals surface area contributed by atoms with Crippen LogP contribution < -0.4 is 0 Å². The van der Waals surface area contributed by atoms with Crippen molar-refractivity contribution in [3.8, 4) is 0 Å². The van der Waals surface area contributed by atoms with Crippen LogP contribution in [0.4, 0.5) is 0 Å². The van der Waals surface area contributed by atoms with Crippen molar-refractivity contribution in [3.05, 3.63) is 70.4 Å². The molecule has 5 heteroatoms. The van der Waals surface area contributed by atoms with Gasteiger partial charge in [-0.3, -0.25) is 9.59 Å². The van der Waals surface area contributed by atoms with Crippen LogP contribution >= 0.6 is 11.6 Å². The Labute approximate surface area is 162 Å². The highest BCUT2D eigenvalue weighted by Gasteiger charge is 2.53. The molecule has 4 nitrogen and oxygen atoms in total. The Morgan fingerprint density at radius 1 is 1.22 bits per heavy atom. The largest absolute Gasteiger partial charge is 0.350 e. The number of rotatable bonds is 1. The molecule has 1 aromatic heterocycles. The van der Waals surface area contributed by atoms with Crippen LogP contribution in [0.15, 0.2) is 48.5 Å². The summed E-state index contributed by atoms with van der Waals surface area (Å²) in [6.45, 7) is 2.60. The summed E-state index contributed by atoms with van der Waals surface area (Å²) in [4.78, 5) is 31.5. The van der Waals surface area contributed by atoms with Crippen LogP contribution in [0.5, 0.6) is 0 Å². The van der Waals surface area contributed by atoms with Gasteiger partial charge in [-0.2, -0.15) is 0 Å². The van der Waals surface area contributed by atoms with Crippen molar-refractivity contribution in [3.63, 3.8) is 0 Å². The number of nitrogens with one attached hydrogen (secondary N) is 1. The summed E-state index contributed by atoms with van der Waals surface area (Å²) in [5, 5.41) is 1.58. The first kappa shape index (κ1) is 16.6. The molecule has 27 heavy (non-hydrogen) atoms. The lowest BCUT2D eigenvalue weighted by Crippen LogP contribution is -2.49. The quantitative estimate of drug-likeness (QED) is 0.678. The second-order valence-corrected chi connectivity index (χ2v) is 8.22. The fourth-order valence-corrected chi connectivity index (χ4v) is 4.84. The van der Waals surface area contributed by atoms with E-state index < -0.39 is 5.41 Å². The van der Waals surface area contributed by atoms with Gasteiger partial charge in [-0.05, 0) is 36.6 Å². The first-order valence-corrected chi connectivity index (χ1v) is 9.57. The maximum atomic E-state index is 13.3. The summed E-state index contributed by atoms with van der Waals surface area (Å²) >= 11 is 6.06. The lowest BCUT2D eigenvalue weighted by Gasteiger charge is -2.38. The molecule has 1 N–H and O–H groups in total. The number of amides is 1. The molecule has 1 fully saturated rings. The lowest BCUT2D eigenvalue weighted by atomic mass is 9.68.